The predicted octanol–water partition coefficient (Wildman–Crippen LogP) is 2.34. The molecule has 1 aliphatic heterocycles. The number of hydrogen-bond acceptors (Lipinski definition) is 9. The first-order valence-electron chi connectivity index (χ1n) is 16.7. The summed E-state index contributed by atoms with van der Waals surface area (Å²) in [5, 5.41) is 42.6. The molecule has 12 nitrogen and oxygen atoms in total. The zero-order valence-electron chi connectivity index (χ0n) is 26.9. The molecule has 0 aromatic rings. The van der Waals surface area contributed by atoms with Crippen LogP contribution in [-0.2, 0) is 29.2 Å². The van der Waals surface area contributed by atoms with E-state index < -0.39 is 70.6 Å². The van der Waals surface area contributed by atoms with Crippen LogP contribution in [0, 0.1) is 46.3 Å². The van der Waals surface area contributed by atoms with E-state index in [2.05, 4.69) is 26.1 Å². The molecule has 0 unspecified atom stereocenters. The molecule has 0 spiro atoms. The second-order valence-corrected chi connectivity index (χ2v) is 17.1. The van der Waals surface area contributed by atoms with Crippen molar-refractivity contribution in [3.63, 3.8) is 0 Å². The average molecular weight is 660 g/mol. The van der Waals surface area contributed by atoms with Crippen molar-refractivity contribution in [3.05, 3.63) is 0 Å². The molecule has 6 N–H and O–H groups in total. The monoisotopic (exact) mass is 659 g/mol. The molecule has 4 saturated carbocycles. The third-order valence-electron chi connectivity index (χ3n) is 13.2. The summed E-state index contributed by atoms with van der Waals surface area (Å²) in [6.07, 6.45) is 0.840. The van der Waals surface area contributed by atoms with Crippen LogP contribution in [0.2, 0.25) is 0 Å². The molecule has 5 rings (SSSR count). The molecular formula is C32H53NO11S. The average Bonchev–Trinajstić information content (AvgIpc) is 3.31. The number of carboxylic acid groups (broad SMARTS) is 1. The summed E-state index contributed by atoms with van der Waals surface area (Å²) < 4.78 is 47.3. The van der Waals surface area contributed by atoms with Crippen LogP contribution in [0.5, 0.6) is 0 Å². The molecule has 5 aliphatic rings. The highest BCUT2D eigenvalue weighted by molar-refractivity contribution is 7.86. The number of aliphatic hydroxyl groups is 3. The fourth-order valence-electron chi connectivity index (χ4n) is 10.9. The number of nitrogens with one attached hydrogen (secondary N) is 1. The van der Waals surface area contributed by atoms with Gasteiger partial charge in [0.2, 0.25) is 5.91 Å². The van der Waals surface area contributed by atoms with Gasteiger partial charge in [0, 0.05) is 13.3 Å². The van der Waals surface area contributed by atoms with Crippen molar-refractivity contribution in [2.75, 3.05) is 6.61 Å². The van der Waals surface area contributed by atoms with E-state index in [0.29, 0.717) is 38.0 Å². The summed E-state index contributed by atoms with van der Waals surface area (Å²) in [6.45, 7) is 7.49. The van der Waals surface area contributed by atoms with Gasteiger partial charge in [0.1, 0.15) is 24.4 Å². The Balaban J connectivity index is 1.50. The Morgan fingerprint density at radius 2 is 1.69 bits per heavy atom. The highest BCUT2D eigenvalue weighted by Gasteiger charge is 2.64. The highest BCUT2D eigenvalue weighted by Crippen LogP contribution is 2.69. The van der Waals surface area contributed by atoms with Gasteiger partial charge in [0.05, 0.1) is 18.0 Å². The van der Waals surface area contributed by atoms with E-state index in [1.165, 1.54) is 6.92 Å². The summed E-state index contributed by atoms with van der Waals surface area (Å²) in [5.74, 6) is -0.212. The Bertz CT molecular complexity index is 1220. The van der Waals surface area contributed by atoms with E-state index >= 15 is 0 Å². The maximum Gasteiger partial charge on any atom is 0.303 e. The minimum absolute atomic E-state index is 0.0522. The standard InChI is InChI=1S/C32H53NO11S/c1-16(5-8-25(36)37)20-6-7-21-26-22(10-12-32(20,21)4)31(3)11-9-19(45(40,41)42)13-18(31)14-23(26)43-30-27(33-17(2)35)29(39)28(38)24(15-34)44-30/h16,18-24,26-30,34,38-39H,5-15H2,1-4H3,(H,33,35)(H,36,37)(H,40,41,42)/t16-,18+,19-,20-,21+,22+,23+,24-,26+,27-,28-,29-,30-,31+,32-/m1/s1. The number of aliphatic carboxylic acids is 1. The predicted molar refractivity (Wildman–Crippen MR) is 162 cm³/mol. The van der Waals surface area contributed by atoms with Gasteiger partial charge in [-0.2, -0.15) is 8.42 Å². The number of hydrogen-bond donors (Lipinski definition) is 6. The lowest BCUT2D eigenvalue weighted by Crippen LogP contribution is -2.66. The van der Waals surface area contributed by atoms with Gasteiger partial charge in [-0.25, -0.2) is 0 Å². The zero-order chi connectivity index (χ0) is 33.1. The molecular weight excluding hydrogens is 606 g/mol. The van der Waals surface area contributed by atoms with Crippen LogP contribution in [0.25, 0.3) is 0 Å². The summed E-state index contributed by atoms with van der Waals surface area (Å²) >= 11 is 0. The molecule has 0 bridgehead atoms. The Hall–Kier alpha value is -1.35. The SMILES string of the molecule is CC(=O)N[C@H]1[C@H](O[C@H]2C[C@@H]3C[C@H](S(=O)(=O)O)CC[C@]3(C)[C@H]3CC[C@]4(C)[C@@H]([C@H](C)CCC(=O)O)CC[C@H]4[C@H]23)O[C@H](CO)[C@@H](O)[C@@H]1O. The zero-order valence-corrected chi connectivity index (χ0v) is 27.7. The van der Waals surface area contributed by atoms with Gasteiger partial charge in [-0.05, 0) is 104 Å². The first-order chi connectivity index (χ1) is 21.0. The van der Waals surface area contributed by atoms with Crippen LogP contribution in [0.1, 0.15) is 91.9 Å². The van der Waals surface area contributed by atoms with E-state index in [9.17, 15) is 43.0 Å². The van der Waals surface area contributed by atoms with Crippen LogP contribution in [0.3, 0.4) is 0 Å². The number of amides is 1. The Kier molecular flexibility index (Phi) is 10.0. The minimum atomic E-state index is -4.22. The van der Waals surface area contributed by atoms with Crippen molar-refractivity contribution < 1.29 is 52.5 Å². The first kappa shape index (κ1) is 35.0. The largest absolute Gasteiger partial charge is 0.481 e. The molecule has 0 aromatic heterocycles. The molecule has 0 aromatic carbocycles. The van der Waals surface area contributed by atoms with Gasteiger partial charge in [-0.15, -0.1) is 0 Å². The van der Waals surface area contributed by atoms with Crippen molar-refractivity contribution in [3.8, 4) is 0 Å². The van der Waals surface area contributed by atoms with Crippen LogP contribution >= 0.6 is 0 Å². The molecule has 4 aliphatic carbocycles. The molecule has 1 amide bonds. The number of carbonyl (C=O) groups is 2. The van der Waals surface area contributed by atoms with Crippen LogP contribution in [0.15, 0.2) is 0 Å². The summed E-state index contributed by atoms with van der Waals surface area (Å²) in [6, 6.07) is -1.09. The van der Waals surface area contributed by atoms with Crippen molar-refractivity contribution in [1.29, 1.82) is 0 Å². The Labute approximate surface area is 266 Å². The quantitative estimate of drug-likeness (QED) is 0.157. The van der Waals surface area contributed by atoms with Gasteiger partial charge in [0.25, 0.3) is 10.1 Å². The summed E-state index contributed by atoms with van der Waals surface area (Å²) in [7, 11) is -4.22. The lowest BCUT2D eigenvalue weighted by atomic mass is 9.43. The van der Waals surface area contributed by atoms with Gasteiger partial charge in [-0.1, -0.05) is 20.8 Å². The van der Waals surface area contributed by atoms with E-state index in [-0.39, 0.29) is 46.8 Å². The third kappa shape index (κ3) is 6.44. The summed E-state index contributed by atoms with van der Waals surface area (Å²) in [5.41, 5.74) is -0.225. The molecule has 0 radical (unpaired) electrons. The van der Waals surface area contributed by atoms with Gasteiger partial charge in [-0.3, -0.25) is 14.1 Å². The number of aliphatic hydroxyl groups excluding tert-OH is 3. The topological polar surface area (TPSA) is 200 Å². The maximum atomic E-state index is 12.3. The fraction of sp³-hybridized carbons (Fsp3) is 0.938. The normalized spacial score (nSPS) is 47.2. The molecule has 5 fully saturated rings. The fourth-order valence-corrected chi connectivity index (χ4v) is 11.7. The molecule has 15 atom stereocenters. The number of carboxylic acids is 1. The molecule has 45 heavy (non-hydrogen) atoms. The second kappa shape index (κ2) is 12.9. The molecule has 258 valence electrons. The van der Waals surface area contributed by atoms with Gasteiger partial charge >= 0.3 is 5.97 Å². The molecule has 13 heteroatoms. The Morgan fingerprint density at radius 1 is 1.02 bits per heavy atom. The molecule has 1 heterocycles. The Morgan fingerprint density at radius 3 is 2.31 bits per heavy atom. The highest BCUT2D eigenvalue weighted by atomic mass is 32.2. The van der Waals surface area contributed by atoms with E-state index in [1.54, 1.807) is 0 Å². The number of ether oxygens (including phenoxy) is 2. The van der Waals surface area contributed by atoms with Crippen molar-refractivity contribution in [2.45, 2.75) is 134 Å². The number of rotatable bonds is 9. The lowest BCUT2D eigenvalue weighted by Gasteiger charge is -2.63. The number of fused-ring (bicyclic) bond motifs is 5. The van der Waals surface area contributed by atoms with E-state index in [1.807, 2.05) is 0 Å². The van der Waals surface area contributed by atoms with Crippen LogP contribution in [0.4, 0.5) is 0 Å². The van der Waals surface area contributed by atoms with Gasteiger partial charge < -0.3 is 35.2 Å². The maximum absolute atomic E-state index is 12.3. The van der Waals surface area contributed by atoms with Crippen molar-refractivity contribution in [2.24, 2.45) is 46.3 Å². The second-order valence-electron chi connectivity index (χ2n) is 15.4. The van der Waals surface area contributed by atoms with Crippen molar-refractivity contribution in [1.82, 2.24) is 5.32 Å². The first-order valence-corrected chi connectivity index (χ1v) is 18.2. The minimum Gasteiger partial charge on any atom is -0.481 e. The van der Waals surface area contributed by atoms with Crippen LogP contribution < -0.4 is 5.32 Å². The molecule has 1 saturated heterocycles. The lowest BCUT2D eigenvalue weighted by molar-refractivity contribution is -0.303. The van der Waals surface area contributed by atoms with Gasteiger partial charge in [0.15, 0.2) is 6.29 Å². The summed E-state index contributed by atoms with van der Waals surface area (Å²) in [4.78, 5) is 23.5. The third-order valence-corrected chi connectivity index (χ3v) is 14.4. The number of carbonyl (C=O) groups excluding carboxylic acids is 1. The van der Waals surface area contributed by atoms with E-state index in [0.717, 1.165) is 25.7 Å². The van der Waals surface area contributed by atoms with Crippen molar-refractivity contribution >= 4 is 22.0 Å². The van der Waals surface area contributed by atoms with Crippen LogP contribution in [-0.4, -0.2) is 93.9 Å². The smallest absolute Gasteiger partial charge is 0.303 e. The van der Waals surface area contributed by atoms with E-state index in [4.69, 9.17) is 9.47 Å².